The van der Waals surface area contributed by atoms with E-state index < -0.39 is 0 Å². The number of oxime groups is 1. The molecular formula is C18H18ClNO3. The molecule has 1 aliphatic rings. The Bertz CT molecular complexity index is 713. The number of rotatable bonds is 5. The van der Waals surface area contributed by atoms with Gasteiger partial charge in [-0.2, -0.15) is 0 Å². The van der Waals surface area contributed by atoms with Crippen molar-refractivity contribution in [2.45, 2.75) is 18.9 Å². The minimum atomic E-state index is 0.0266. The summed E-state index contributed by atoms with van der Waals surface area (Å²) in [6.45, 7) is 0. The Morgan fingerprint density at radius 1 is 1.09 bits per heavy atom. The molecule has 23 heavy (non-hydrogen) atoms. The van der Waals surface area contributed by atoms with Gasteiger partial charge in [-0.25, -0.2) is 0 Å². The van der Waals surface area contributed by atoms with E-state index in [1.807, 2.05) is 42.5 Å². The van der Waals surface area contributed by atoms with Crippen LogP contribution in [0.4, 0.5) is 0 Å². The first-order chi connectivity index (χ1) is 11.2. The SMILES string of the molecule is COc1ccc(CC2CC(c3ccc(Cl)cc3)=NO2)cc1OC. The molecule has 2 aromatic carbocycles. The van der Waals surface area contributed by atoms with E-state index in [1.54, 1.807) is 14.2 Å². The van der Waals surface area contributed by atoms with Gasteiger partial charge in [0.1, 0.15) is 6.10 Å². The first kappa shape index (κ1) is 15.7. The number of ether oxygens (including phenoxy) is 2. The third-order valence-corrected chi connectivity index (χ3v) is 4.07. The van der Waals surface area contributed by atoms with E-state index in [0.717, 1.165) is 46.2 Å². The molecular weight excluding hydrogens is 314 g/mol. The summed E-state index contributed by atoms with van der Waals surface area (Å²) in [6.07, 6.45) is 1.57. The number of nitrogens with zero attached hydrogens (tertiary/aromatic N) is 1. The smallest absolute Gasteiger partial charge is 0.160 e. The van der Waals surface area contributed by atoms with E-state index in [2.05, 4.69) is 5.16 Å². The van der Waals surface area contributed by atoms with Gasteiger partial charge in [0.25, 0.3) is 0 Å². The van der Waals surface area contributed by atoms with Crippen molar-refractivity contribution in [2.75, 3.05) is 14.2 Å². The van der Waals surface area contributed by atoms with Gasteiger partial charge in [0, 0.05) is 17.9 Å². The van der Waals surface area contributed by atoms with Crippen LogP contribution in [0.1, 0.15) is 17.5 Å². The summed E-state index contributed by atoms with van der Waals surface area (Å²) in [5.74, 6) is 1.45. The molecule has 1 heterocycles. The molecule has 0 radical (unpaired) electrons. The summed E-state index contributed by atoms with van der Waals surface area (Å²) in [6, 6.07) is 13.5. The van der Waals surface area contributed by atoms with E-state index >= 15 is 0 Å². The topological polar surface area (TPSA) is 40.0 Å². The zero-order valence-electron chi connectivity index (χ0n) is 13.1. The fourth-order valence-corrected chi connectivity index (χ4v) is 2.75. The summed E-state index contributed by atoms with van der Waals surface area (Å²) >= 11 is 5.91. The second kappa shape index (κ2) is 6.92. The second-order valence-electron chi connectivity index (χ2n) is 5.37. The van der Waals surface area contributed by atoms with E-state index in [-0.39, 0.29) is 6.10 Å². The average molecular weight is 332 g/mol. The van der Waals surface area contributed by atoms with Gasteiger partial charge in [-0.3, -0.25) is 0 Å². The van der Waals surface area contributed by atoms with Gasteiger partial charge in [0.15, 0.2) is 11.5 Å². The Hall–Kier alpha value is -2.20. The van der Waals surface area contributed by atoms with Gasteiger partial charge in [-0.15, -0.1) is 0 Å². The highest BCUT2D eigenvalue weighted by atomic mass is 35.5. The van der Waals surface area contributed by atoms with Crippen molar-refractivity contribution < 1.29 is 14.3 Å². The maximum Gasteiger partial charge on any atom is 0.160 e. The largest absolute Gasteiger partial charge is 0.493 e. The highest BCUT2D eigenvalue weighted by Crippen LogP contribution is 2.29. The Kier molecular flexibility index (Phi) is 4.72. The molecule has 0 amide bonds. The Balaban J connectivity index is 1.66. The first-order valence-electron chi connectivity index (χ1n) is 7.39. The van der Waals surface area contributed by atoms with E-state index in [0.29, 0.717) is 0 Å². The van der Waals surface area contributed by atoms with E-state index in [4.69, 9.17) is 25.9 Å². The lowest BCUT2D eigenvalue weighted by Crippen LogP contribution is -2.12. The van der Waals surface area contributed by atoms with E-state index in [1.165, 1.54) is 0 Å². The van der Waals surface area contributed by atoms with Gasteiger partial charge >= 0.3 is 0 Å². The summed E-state index contributed by atoms with van der Waals surface area (Å²) in [7, 11) is 3.26. The average Bonchev–Trinajstić information content (AvgIpc) is 3.04. The van der Waals surface area contributed by atoms with Crippen LogP contribution in [0.5, 0.6) is 11.5 Å². The lowest BCUT2D eigenvalue weighted by molar-refractivity contribution is 0.0859. The number of hydrogen-bond acceptors (Lipinski definition) is 4. The molecule has 0 aliphatic carbocycles. The van der Waals surface area contributed by atoms with Crippen molar-refractivity contribution in [2.24, 2.45) is 5.16 Å². The van der Waals surface area contributed by atoms with Crippen molar-refractivity contribution in [3.63, 3.8) is 0 Å². The van der Waals surface area contributed by atoms with Crippen LogP contribution in [-0.4, -0.2) is 26.0 Å². The van der Waals surface area contributed by atoms with Crippen LogP contribution in [0.2, 0.25) is 5.02 Å². The highest BCUT2D eigenvalue weighted by molar-refractivity contribution is 6.30. The molecule has 0 N–H and O–H groups in total. The fourth-order valence-electron chi connectivity index (χ4n) is 2.62. The van der Waals surface area contributed by atoms with Crippen LogP contribution in [0.15, 0.2) is 47.6 Å². The normalized spacial score (nSPS) is 16.7. The summed E-state index contributed by atoms with van der Waals surface area (Å²) < 4.78 is 10.6. The predicted molar refractivity (Wildman–Crippen MR) is 90.7 cm³/mol. The first-order valence-corrected chi connectivity index (χ1v) is 7.77. The van der Waals surface area contributed by atoms with Gasteiger partial charge in [-0.05, 0) is 35.4 Å². The maximum absolute atomic E-state index is 5.91. The van der Waals surface area contributed by atoms with Gasteiger partial charge < -0.3 is 14.3 Å². The molecule has 0 bridgehead atoms. The molecule has 1 unspecified atom stereocenters. The van der Waals surface area contributed by atoms with Crippen molar-refractivity contribution in [1.29, 1.82) is 0 Å². The van der Waals surface area contributed by atoms with Crippen molar-refractivity contribution in [3.8, 4) is 11.5 Å². The minimum absolute atomic E-state index is 0.0266. The Morgan fingerprint density at radius 3 is 2.52 bits per heavy atom. The van der Waals surface area contributed by atoms with Crippen LogP contribution in [0.3, 0.4) is 0 Å². The van der Waals surface area contributed by atoms with Gasteiger partial charge in [0.05, 0.1) is 19.9 Å². The molecule has 0 saturated carbocycles. The summed E-state index contributed by atoms with van der Waals surface area (Å²) in [5, 5.41) is 4.92. The molecule has 0 saturated heterocycles. The quantitative estimate of drug-likeness (QED) is 0.828. The molecule has 5 heteroatoms. The number of methoxy groups -OCH3 is 2. The monoisotopic (exact) mass is 331 g/mol. The zero-order valence-corrected chi connectivity index (χ0v) is 13.8. The highest BCUT2D eigenvalue weighted by Gasteiger charge is 2.23. The van der Waals surface area contributed by atoms with Crippen LogP contribution in [-0.2, 0) is 11.3 Å². The third kappa shape index (κ3) is 3.59. The minimum Gasteiger partial charge on any atom is -0.493 e. The van der Waals surface area contributed by atoms with Crippen LogP contribution < -0.4 is 9.47 Å². The summed E-state index contributed by atoms with van der Waals surface area (Å²) in [4.78, 5) is 5.57. The number of benzene rings is 2. The van der Waals surface area contributed by atoms with Crippen LogP contribution in [0.25, 0.3) is 0 Å². The molecule has 0 aromatic heterocycles. The van der Waals surface area contributed by atoms with Crippen LogP contribution >= 0.6 is 11.6 Å². The second-order valence-corrected chi connectivity index (χ2v) is 5.81. The Labute approximate surface area is 140 Å². The van der Waals surface area contributed by atoms with Crippen molar-refractivity contribution >= 4 is 17.3 Å². The maximum atomic E-state index is 5.91. The predicted octanol–water partition coefficient (Wildman–Crippen LogP) is 4.09. The molecule has 3 rings (SSSR count). The fraction of sp³-hybridized carbons (Fsp3) is 0.278. The van der Waals surface area contributed by atoms with E-state index in [9.17, 15) is 0 Å². The lowest BCUT2D eigenvalue weighted by Gasteiger charge is -2.12. The molecule has 1 aliphatic heterocycles. The molecule has 0 fully saturated rings. The number of hydrogen-bond donors (Lipinski definition) is 0. The zero-order chi connectivity index (χ0) is 16.2. The standard InChI is InChI=1S/C18H18ClNO3/c1-21-17-8-3-12(10-18(17)22-2)9-15-11-16(20-23-15)13-4-6-14(19)7-5-13/h3-8,10,15H,9,11H2,1-2H3. The van der Waals surface area contributed by atoms with Crippen molar-refractivity contribution in [1.82, 2.24) is 0 Å². The molecule has 1 atom stereocenters. The Morgan fingerprint density at radius 2 is 1.83 bits per heavy atom. The third-order valence-electron chi connectivity index (χ3n) is 3.82. The van der Waals surface area contributed by atoms with Crippen LogP contribution in [0, 0.1) is 0 Å². The molecule has 4 nitrogen and oxygen atoms in total. The summed E-state index contributed by atoms with van der Waals surface area (Å²) in [5.41, 5.74) is 3.12. The van der Waals surface area contributed by atoms with Gasteiger partial charge in [0.2, 0.25) is 0 Å². The molecule has 0 spiro atoms. The number of halogens is 1. The van der Waals surface area contributed by atoms with Gasteiger partial charge in [-0.1, -0.05) is 35.0 Å². The van der Waals surface area contributed by atoms with Crippen molar-refractivity contribution in [3.05, 3.63) is 58.6 Å². The molecule has 2 aromatic rings. The lowest BCUT2D eigenvalue weighted by atomic mass is 10.00. The molecule has 120 valence electrons.